The zero-order valence-electron chi connectivity index (χ0n) is 46.1. The zero-order valence-corrected chi connectivity index (χ0v) is 46.1. The van der Waals surface area contributed by atoms with Crippen molar-refractivity contribution in [2.45, 2.75) is 322 Å². The Morgan fingerprint density at radius 3 is 0.826 bits per heavy atom. The molecule has 0 N–H and O–H groups in total. The maximum Gasteiger partial charge on any atom is 0.306 e. The van der Waals surface area contributed by atoms with E-state index in [4.69, 9.17) is 14.2 Å². The number of allylic oxidation sites excluding steroid dienone is 8. The molecule has 0 unspecified atom stereocenters. The highest BCUT2D eigenvalue weighted by atomic mass is 16.6. The van der Waals surface area contributed by atoms with Gasteiger partial charge in [0.15, 0.2) is 6.10 Å². The average molecular weight is 968 g/mol. The van der Waals surface area contributed by atoms with Gasteiger partial charge in [0.25, 0.3) is 0 Å². The zero-order chi connectivity index (χ0) is 50.0. The van der Waals surface area contributed by atoms with Crippen LogP contribution in [0.2, 0.25) is 0 Å². The molecule has 0 heterocycles. The van der Waals surface area contributed by atoms with E-state index in [1.807, 2.05) is 0 Å². The molecule has 1 atom stereocenters. The summed E-state index contributed by atoms with van der Waals surface area (Å²) in [7, 11) is 0. The normalized spacial score (nSPS) is 12.3. The van der Waals surface area contributed by atoms with Gasteiger partial charge < -0.3 is 14.2 Å². The van der Waals surface area contributed by atoms with E-state index in [-0.39, 0.29) is 31.1 Å². The number of rotatable bonds is 55. The first-order valence-electron chi connectivity index (χ1n) is 30.1. The second-order valence-corrected chi connectivity index (χ2v) is 20.3. The van der Waals surface area contributed by atoms with E-state index in [2.05, 4.69) is 69.4 Å². The van der Waals surface area contributed by atoms with Gasteiger partial charge in [-0.15, -0.1) is 0 Å². The van der Waals surface area contributed by atoms with Crippen LogP contribution >= 0.6 is 0 Å². The summed E-state index contributed by atoms with van der Waals surface area (Å²) in [5.74, 6) is -0.864. The molecule has 0 radical (unpaired) electrons. The number of hydrogen-bond acceptors (Lipinski definition) is 6. The molecule has 0 aromatic rings. The maximum absolute atomic E-state index is 12.9. The second-order valence-electron chi connectivity index (χ2n) is 20.3. The van der Waals surface area contributed by atoms with Gasteiger partial charge in [0.1, 0.15) is 13.2 Å². The van der Waals surface area contributed by atoms with Crippen LogP contribution in [0.4, 0.5) is 0 Å². The largest absolute Gasteiger partial charge is 0.462 e. The highest BCUT2D eigenvalue weighted by Gasteiger charge is 2.19. The Bertz CT molecular complexity index is 1200. The van der Waals surface area contributed by atoms with E-state index >= 15 is 0 Å². The van der Waals surface area contributed by atoms with Crippen LogP contribution in [-0.2, 0) is 28.6 Å². The van der Waals surface area contributed by atoms with E-state index in [1.54, 1.807) is 0 Å². The molecule has 0 saturated carbocycles. The summed E-state index contributed by atoms with van der Waals surface area (Å²) in [4.78, 5) is 38.2. The fourth-order valence-electron chi connectivity index (χ4n) is 8.74. The van der Waals surface area contributed by atoms with E-state index in [1.165, 1.54) is 205 Å². The van der Waals surface area contributed by atoms with Gasteiger partial charge in [-0.1, -0.05) is 262 Å². The molecular weight excluding hydrogens is 853 g/mol. The first-order chi connectivity index (χ1) is 34.0. The van der Waals surface area contributed by atoms with Crippen LogP contribution in [0.3, 0.4) is 0 Å². The van der Waals surface area contributed by atoms with Crippen molar-refractivity contribution in [3.8, 4) is 0 Å². The molecule has 0 bridgehead atoms. The average Bonchev–Trinajstić information content (AvgIpc) is 3.35. The Morgan fingerprint density at radius 2 is 0.522 bits per heavy atom. The van der Waals surface area contributed by atoms with Gasteiger partial charge in [0.2, 0.25) is 0 Å². The van der Waals surface area contributed by atoms with Crippen molar-refractivity contribution in [1.82, 2.24) is 0 Å². The van der Waals surface area contributed by atoms with Gasteiger partial charge in [-0.25, -0.2) is 0 Å². The molecule has 0 rings (SSSR count). The molecule has 69 heavy (non-hydrogen) atoms. The Kier molecular flexibility index (Phi) is 55.7. The van der Waals surface area contributed by atoms with Crippen molar-refractivity contribution in [3.63, 3.8) is 0 Å². The lowest BCUT2D eigenvalue weighted by Crippen LogP contribution is -2.30. The van der Waals surface area contributed by atoms with Gasteiger partial charge in [0.05, 0.1) is 0 Å². The monoisotopic (exact) mass is 967 g/mol. The first kappa shape index (κ1) is 66.4. The van der Waals surface area contributed by atoms with Crippen molar-refractivity contribution in [3.05, 3.63) is 48.6 Å². The number of carbonyl (C=O) groups excluding carboxylic acids is 3. The molecule has 6 heteroatoms. The Balaban J connectivity index is 4.34. The SMILES string of the molecule is CCCCC/C=C\C/C=C\CCCCCCCCCCCC(=O)OC[C@H](COC(=O)CCCCCCCCCCCCCCC)OC(=O)CCCCCCCCCCC/C=C\C/C=C\CCCCC. The van der Waals surface area contributed by atoms with Crippen LogP contribution in [0.5, 0.6) is 0 Å². The summed E-state index contributed by atoms with van der Waals surface area (Å²) in [6, 6.07) is 0. The lowest BCUT2D eigenvalue weighted by Gasteiger charge is -2.18. The Hall–Kier alpha value is -2.63. The van der Waals surface area contributed by atoms with Crippen molar-refractivity contribution in [2.75, 3.05) is 13.2 Å². The van der Waals surface area contributed by atoms with E-state index in [0.717, 1.165) is 70.6 Å². The minimum absolute atomic E-state index is 0.0727. The van der Waals surface area contributed by atoms with E-state index in [0.29, 0.717) is 19.3 Å². The van der Waals surface area contributed by atoms with Gasteiger partial charge in [-0.3, -0.25) is 14.4 Å². The van der Waals surface area contributed by atoms with Gasteiger partial charge >= 0.3 is 17.9 Å². The van der Waals surface area contributed by atoms with Crippen LogP contribution < -0.4 is 0 Å². The molecule has 0 aromatic carbocycles. The standard InChI is InChI=1S/C63H114O6/c1-4-7-10-13-16-19-22-25-27-29-31-33-35-38-41-44-47-50-53-56-62(65)68-59-60(58-67-61(64)55-52-49-46-43-40-37-24-21-18-15-12-9-6-3)69-63(66)57-54-51-48-45-42-39-36-34-32-30-28-26-23-20-17-14-11-8-5-2/h16-17,19-20,25-28,60H,4-15,18,21-24,29-59H2,1-3H3/b19-16-,20-17-,27-25-,28-26-/t60-/m0/s1. The van der Waals surface area contributed by atoms with Crippen LogP contribution in [-0.4, -0.2) is 37.2 Å². The molecule has 0 aliphatic carbocycles. The number of unbranched alkanes of at least 4 members (excludes halogenated alkanes) is 36. The molecule has 0 aliphatic heterocycles. The summed E-state index contributed by atoms with van der Waals surface area (Å²) in [5.41, 5.74) is 0. The summed E-state index contributed by atoms with van der Waals surface area (Å²) in [5, 5.41) is 0. The summed E-state index contributed by atoms with van der Waals surface area (Å²) >= 11 is 0. The molecule has 0 saturated heterocycles. The van der Waals surface area contributed by atoms with Crippen LogP contribution in [0.25, 0.3) is 0 Å². The predicted octanol–water partition coefficient (Wildman–Crippen LogP) is 20.2. The van der Waals surface area contributed by atoms with Crippen LogP contribution in [0.15, 0.2) is 48.6 Å². The summed E-state index contributed by atoms with van der Waals surface area (Å²) in [6.45, 7) is 6.62. The molecule has 0 fully saturated rings. The number of esters is 3. The summed E-state index contributed by atoms with van der Waals surface area (Å²) < 4.78 is 16.9. The first-order valence-corrected chi connectivity index (χ1v) is 30.1. The molecular formula is C63H114O6. The molecule has 0 amide bonds. The van der Waals surface area contributed by atoms with Crippen LogP contribution in [0, 0.1) is 0 Å². The second kappa shape index (κ2) is 57.9. The Labute approximate surface area is 428 Å². The van der Waals surface area contributed by atoms with Crippen molar-refractivity contribution < 1.29 is 28.6 Å². The van der Waals surface area contributed by atoms with Crippen molar-refractivity contribution in [1.29, 1.82) is 0 Å². The lowest BCUT2D eigenvalue weighted by molar-refractivity contribution is -0.167. The third kappa shape index (κ3) is 56.2. The predicted molar refractivity (Wildman–Crippen MR) is 298 cm³/mol. The minimum atomic E-state index is -0.775. The lowest BCUT2D eigenvalue weighted by atomic mass is 10.0. The molecule has 0 aliphatic rings. The van der Waals surface area contributed by atoms with E-state index in [9.17, 15) is 14.4 Å². The third-order valence-electron chi connectivity index (χ3n) is 13.3. The fourth-order valence-corrected chi connectivity index (χ4v) is 8.74. The number of carbonyl (C=O) groups is 3. The molecule has 402 valence electrons. The van der Waals surface area contributed by atoms with Crippen molar-refractivity contribution >= 4 is 17.9 Å². The minimum Gasteiger partial charge on any atom is -0.462 e. The fraction of sp³-hybridized carbons (Fsp3) is 0.825. The number of ether oxygens (including phenoxy) is 3. The molecule has 0 aromatic heterocycles. The van der Waals surface area contributed by atoms with Gasteiger partial charge in [-0.2, -0.15) is 0 Å². The Morgan fingerprint density at radius 1 is 0.290 bits per heavy atom. The highest BCUT2D eigenvalue weighted by Crippen LogP contribution is 2.16. The quantitative estimate of drug-likeness (QED) is 0.0262. The van der Waals surface area contributed by atoms with Crippen molar-refractivity contribution in [2.24, 2.45) is 0 Å². The maximum atomic E-state index is 12.9. The van der Waals surface area contributed by atoms with E-state index < -0.39 is 6.10 Å². The van der Waals surface area contributed by atoms with Crippen LogP contribution in [0.1, 0.15) is 316 Å². The molecule has 0 spiro atoms. The third-order valence-corrected chi connectivity index (χ3v) is 13.3. The smallest absolute Gasteiger partial charge is 0.306 e. The van der Waals surface area contributed by atoms with Gasteiger partial charge in [-0.05, 0) is 83.5 Å². The number of hydrogen-bond donors (Lipinski definition) is 0. The topological polar surface area (TPSA) is 78.9 Å². The summed E-state index contributed by atoms with van der Waals surface area (Å²) in [6.07, 6.45) is 71.0. The highest BCUT2D eigenvalue weighted by molar-refractivity contribution is 5.71. The van der Waals surface area contributed by atoms with Gasteiger partial charge in [0, 0.05) is 19.3 Å². The molecule has 6 nitrogen and oxygen atoms in total.